The first-order chi connectivity index (χ1) is 23.9. The van der Waals surface area contributed by atoms with Crippen molar-refractivity contribution >= 4 is 39.1 Å². The van der Waals surface area contributed by atoms with Crippen molar-refractivity contribution in [2.45, 2.75) is 25.4 Å². The highest BCUT2D eigenvalue weighted by Gasteiger charge is 2.26. The number of methoxy groups -OCH3 is 1. The van der Waals surface area contributed by atoms with E-state index in [-0.39, 0.29) is 20.0 Å². The molecule has 1 saturated heterocycles. The molecule has 4 aromatic rings. The summed E-state index contributed by atoms with van der Waals surface area (Å²) in [6, 6.07) is 13.1. The maximum Gasteiger partial charge on any atom is 0.246 e. The number of aromatic nitrogens is 1. The lowest BCUT2D eigenvalue weighted by Crippen LogP contribution is -2.27. The summed E-state index contributed by atoms with van der Waals surface area (Å²) in [7, 11) is 5.53. The van der Waals surface area contributed by atoms with Gasteiger partial charge < -0.3 is 30.3 Å². The van der Waals surface area contributed by atoms with Crippen molar-refractivity contribution in [3.8, 4) is 28.1 Å². The van der Waals surface area contributed by atoms with Crippen LogP contribution in [0.15, 0.2) is 71.2 Å². The summed E-state index contributed by atoms with van der Waals surface area (Å²) in [4.78, 5) is 26.9. The number of hydrogen-bond acceptors (Lipinski definition) is 9. The van der Waals surface area contributed by atoms with Gasteiger partial charge in [-0.25, -0.2) is 9.37 Å². The number of thiophene rings is 1. The van der Waals surface area contributed by atoms with Crippen LogP contribution >= 0.6 is 11.3 Å². The molecular weight excluding hydrogens is 640 g/mol. The van der Waals surface area contributed by atoms with Crippen molar-refractivity contribution in [1.29, 1.82) is 0 Å². The Balaban J connectivity index is 0.00000486. The molecule has 1 amide bonds. The van der Waals surface area contributed by atoms with Crippen LogP contribution < -0.4 is 15.8 Å². The molecule has 1 unspecified atom stereocenters. The number of amides is 1. The zero-order valence-corrected chi connectivity index (χ0v) is 29.1. The number of carbonyl (C=O) groups is 1. The van der Waals surface area contributed by atoms with Gasteiger partial charge in [-0.05, 0) is 74.3 Å². The fourth-order valence-corrected chi connectivity index (χ4v) is 7.24. The third kappa shape index (κ3) is 7.91. The molecule has 0 bridgehead atoms. The standard InChI is InChI=1S/C38H43FN6O3S.H2/c1-44(2)14-4-5-34(46)45-15-11-30(24-45)42-23-28(21-40)37-35(31-9-8-29(39)20-33(31)48-17-16-47-3)38-32(12-18-49-38)36(43-37)26-6-7-27-22-41-13-10-25(27)19-26;/h4-9,12,18-21,23,30,41H,10-11,13-17,22,24,40H2,1-3H3;1H/b5-4+,28-21+,42-23?;. The number of carbonyl (C=O) groups excluding carboxylic acids is 1. The number of allylic oxidation sites excluding steroid dienone is 1. The van der Waals surface area contributed by atoms with Gasteiger partial charge in [-0.2, -0.15) is 0 Å². The maximum atomic E-state index is 14.6. The first kappa shape index (κ1) is 34.4. The Morgan fingerprint density at radius 1 is 1.22 bits per heavy atom. The highest BCUT2D eigenvalue weighted by molar-refractivity contribution is 7.18. The van der Waals surface area contributed by atoms with Crippen LogP contribution in [0.2, 0.25) is 0 Å². The Morgan fingerprint density at radius 2 is 2.10 bits per heavy atom. The van der Waals surface area contributed by atoms with E-state index in [1.165, 1.54) is 29.5 Å². The Kier molecular flexibility index (Phi) is 11.1. The van der Waals surface area contributed by atoms with Crippen molar-refractivity contribution in [2.24, 2.45) is 10.7 Å². The van der Waals surface area contributed by atoms with Gasteiger partial charge in [0.15, 0.2) is 0 Å². The number of rotatable bonds is 12. The average molecular weight is 685 g/mol. The molecule has 2 aliphatic heterocycles. The summed E-state index contributed by atoms with van der Waals surface area (Å²) in [5.74, 6) is -0.0187. The van der Waals surface area contributed by atoms with Crippen molar-refractivity contribution in [1.82, 2.24) is 20.1 Å². The molecule has 4 heterocycles. The number of aliphatic imine (C=N–C) groups is 1. The predicted molar refractivity (Wildman–Crippen MR) is 199 cm³/mol. The minimum atomic E-state index is -0.402. The van der Waals surface area contributed by atoms with Crippen LogP contribution in [0.3, 0.4) is 0 Å². The summed E-state index contributed by atoms with van der Waals surface area (Å²) in [6.07, 6.45) is 8.50. The molecule has 49 heavy (non-hydrogen) atoms. The van der Waals surface area contributed by atoms with Gasteiger partial charge in [-0.15, -0.1) is 11.3 Å². The highest BCUT2D eigenvalue weighted by Crippen LogP contribution is 2.44. The number of halogens is 1. The van der Waals surface area contributed by atoms with E-state index in [4.69, 9.17) is 25.2 Å². The third-order valence-electron chi connectivity index (χ3n) is 8.82. The maximum absolute atomic E-state index is 14.6. The van der Waals surface area contributed by atoms with Crippen molar-refractivity contribution in [2.75, 3.05) is 60.6 Å². The molecule has 0 radical (unpaired) electrons. The van der Waals surface area contributed by atoms with Gasteiger partial charge in [0, 0.05) is 91.6 Å². The second-order valence-electron chi connectivity index (χ2n) is 12.5. The van der Waals surface area contributed by atoms with Crippen molar-refractivity contribution in [3.63, 3.8) is 0 Å². The van der Waals surface area contributed by atoms with E-state index in [1.54, 1.807) is 36.8 Å². The van der Waals surface area contributed by atoms with Crippen LogP contribution in [-0.2, 0) is 22.5 Å². The molecule has 0 aliphatic carbocycles. The van der Waals surface area contributed by atoms with Crippen molar-refractivity contribution in [3.05, 3.63) is 88.8 Å². The molecule has 2 aromatic heterocycles. The second-order valence-corrected chi connectivity index (χ2v) is 13.4. The van der Waals surface area contributed by atoms with E-state index >= 15 is 0 Å². The lowest BCUT2D eigenvalue weighted by atomic mass is 9.93. The average Bonchev–Trinajstić information content (AvgIpc) is 3.79. The molecular formula is C38H45FN6O3S. The van der Waals surface area contributed by atoms with Gasteiger partial charge in [0.05, 0.1) is 24.0 Å². The topological polar surface area (TPSA) is 105 Å². The molecule has 11 heteroatoms. The normalized spacial score (nSPS) is 16.8. The monoisotopic (exact) mass is 684 g/mol. The largest absolute Gasteiger partial charge is 0.490 e. The Morgan fingerprint density at radius 3 is 2.92 bits per heavy atom. The van der Waals surface area contributed by atoms with Crippen LogP contribution in [-0.4, -0.2) is 93.5 Å². The number of nitrogens with zero attached hydrogens (tertiary/aromatic N) is 4. The smallest absolute Gasteiger partial charge is 0.246 e. The molecule has 3 N–H and O–H groups in total. The molecule has 2 aromatic carbocycles. The SMILES string of the molecule is COCCOc1cc(F)ccc1-c1c(/C(C=NC2CCN(C(=O)/C=C/CN(C)C)C2)=C/N)nc(-c2ccc3c(c2)CCNC3)c2ccsc12.[HH]. The number of hydrogen-bond donors (Lipinski definition) is 2. The number of fused-ring (bicyclic) bond motifs is 2. The van der Waals surface area contributed by atoms with Gasteiger partial charge in [0.25, 0.3) is 0 Å². The lowest BCUT2D eigenvalue weighted by Gasteiger charge is -2.20. The summed E-state index contributed by atoms with van der Waals surface area (Å²) < 4.78 is 26.9. The molecule has 1 atom stereocenters. The zero-order chi connectivity index (χ0) is 34.3. The molecule has 0 spiro atoms. The number of likely N-dealkylation sites (N-methyl/N-ethyl adjacent to an activating group) is 1. The number of benzene rings is 2. The Hall–Kier alpha value is -4.42. The molecule has 1 fully saturated rings. The highest BCUT2D eigenvalue weighted by atomic mass is 32.1. The van der Waals surface area contributed by atoms with E-state index in [2.05, 4.69) is 35.0 Å². The minimum absolute atomic E-state index is 0. The number of nitrogens with two attached hydrogens (primary N) is 1. The first-order valence-electron chi connectivity index (χ1n) is 16.6. The van der Waals surface area contributed by atoms with E-state index in [0.717, 1.165) is 52.8 Å². The van der Waals surface area contributed by atoms with Crippen LogP contribution in [0.4, 0.5) is 4.39 Å². The van der Waals surface area contributed by atoms with Crippen LogP contribution in [0.25, 0.3) is 38.0 Å². The summed E-state index contributed by atoms with van der Waals surface area (Å²) in [5, 5.41) is 6.49. The van der Waals surface area contributed by atoms with Crippen LogP contribution in [0.5, 0.6) is 5.75 Å². The zero-order valence-electron chi connectivity index (χ0n) is 28.2. The van der Waals surface area contributed by atoms with Gasteiger partial charge >= 0.3 is 0 Å². The van der Waals surface area contributed by atoms with Gasteiger partial charge in [0.1, 0.15) is 18.2 Å². The number of ether oxygens (including phenoxy) is 2. The Bertz CT molecular complexity index is 1910. The van der Waals surface area contributed by atoms with Crippen molar-refractivity contribution < 1.29 is 20.1 Å². The third-order valence-corrected chi connectivity index (χ3v) is 9.75. The molecule has 258 valence electrons. The van der Waals surface area contributed by atoms with E-state index in [1.807, 2.05) is 30.0 Å². The quantitative estimate of drug-likeness (QED) is 0.111. The van der Waals surface area contributed by atoms with E-state index < -0.39 is 5.82 Å². The molecule has 2 aliphatic rings. The van der Waals surface area contributed by atoms with Gasteiger partial charge in [-0.3, -0.25) is 9.79 Å². The lowest BCUT2D eigenvalue weighted by molar-refractivity contribution is -0.125. The summed E-state index contributed by atoms with van der Waals surface area (Å²) in [6.45, 7) is 4.26. The number of likely N-dealkylation sites (tertiary alicyclic amines) is 1. The predicted octanol–water partition coefficient (Wildman–Crippen LogP) is 5.78. The number of pyridine rings is 1. The van der Waals surface area contributed by atoms with Gasteiger partial charge in [0.2, 0.25) is 5.91 Å². The first-order valence-corrected chi connectivity index (χ1v) is 17.5. The number of nitrogens with one attached hydrogen (secondary N) is 1. The second kappa shape index (κ2) is 15.9. The fraction of sp³-hybridized carbons (Fsp3) is 0.342. The Labute approximate surface area is 292 Å². The molecule has 0 saturated carbocycles. The summed E-state index contributed by atoms with van der Waals surface area (Å²) in [5.41, 5.74) is 13.6. The molecule has 6 rings (SSSR count). The summed E-state index contributed by atoms with van der Waals surface area (Å²) >= 11 is 1.59. The van der Waals surface area contributed by atoms with Crippen LogP contribution in [0, 0.1) is 5.82 Å². The van der Waals surface area contributed by atoms with E-state index in [9.17, 15) is 9.18 Å². The van der Waals surface area contributed by atoms with Gasteiger partial charge in [-0.1, -0.05) is 18.2 Å². The van der Waals surface area contributed by atoms with Crippen LogP contribution in [0.1, 0.15) is 24.7 Å². The molecule has 9 nitrogen and oxygen atoms in total. The minimum Gasteiger partial charge on any atom is -0.490 e. The fourth-order valence-electron chi connectivity index (χ4n) is 6.29. The van der Waals surface area contributed by atoms with E-state index in [0.29, 0.717) is 48.8 Å².